The molecule has 0 amide bonds. The number of alkyl halides is 17. The molecule has 284 valence electrons. The highest BCUT2D eigenvalue weighted by Gasteiger charge is 2.95. The first-order valence-corrected chi connectivity index (χ1v) is 23.1. The summed E-state index contributed by atoms with van der Waals surface area (Å²) in [5, 5.41) is 0. The standard InChI is InChI=1S/C22H28Cl5F17OSi2/c23-46(24,13-7-3-4-8-14-47(25,26)27)12-6-2-1-5-10-45-11-9-15(28,29)16(30,31)17(32,33)18(34,35)19(36,37)20(38,39)21(40,41)22(42,43)44/h1-14H2. The maximum absolute atomic E-state index is 13.9. The van der Waals surface area contributed by atoms with E-state index in [1.54, 1.807) is 0 Å². The van der Waals surface area contributed by atoms with E-state index in [-0.39, 0.29) is 6.42 Å². The van der Waals surface area contributed by atoms with Gasteiger partial charge < -0.3 is 4.74 Å². The summed E-state index contributed by atoms with van der Waals surface area (Å²) >= 11 is 30.1. The van der Waals surface area contributed by atoms with E-state index in [4.69, 9.17) is 55.4 Å². The molecule has 0 atom stereocenters. The first-order valence-electron chi connectivity index (χ1n) is 13.4. The lowest BCUT2D eigenvalue weighted by atomic mass is 9.88. The van der Waals surface area contributed by atoms with Crippen molar-refractivity contribution in [2.75, 3.05) is 13.2 Å². The van der Waals surface area contributed by atoms with Gasteiger partial charge in [0.1, 0.15) is 0 Å². The van der Waals surface area contributed by atoms with E-state index in [1.165, 1.54) is 0 Å². The topological polar surface area (TPSA) is 9.23 Å². The molecule has 0 aromatic carbocycles. The Morgan fingerprint density at radius 1 is 0.383 bits per heavy atom. The number of halogens is 22. The maximum atomic E-state index is 13.9. The summed E-state index contributed by atoms with van der Waals surface area (Å²) in [5.41, 5.74) is 0. The fourth-order valence-electron chi connectivity index (χ4n) is 3.78. The van der Waals surface area contributed by atoms with E-state index in [9.17, 15) is 74.6 Å². The van der Waals surface area contributed by atoms with Crippen LogP contribution in [0.1, 0.15) is 57.8 Å². The number of hydrogen-bond donors (Lipinski definition) is 0. The predicted molar refractivity (Wildman–Crippen MR) is 148 cm³/mol. The average Bonchev–Trinajstić information content (AvgIpc) is 2.87. The molecule has 0 saturated heterocycles. The van der Waals surface area contributed by atoms with Crippen LogP contribution in [-0.4, -0.2) is 73.5 Å². The molecule has 0 aliphatic rings. The fourth-order valence-corrected chi connectivity index (χ4v) is 9.03. The summed E-state index contributed by atoms with van der Waals surface area (Å²) in [5.74, 6) is -56.3. The van der Waals surface area contributed by atoms with Gasteiger partial charge >= 0.3 is 53.6 Å². The van der Waals surface area contributed by atoms with Gasteiger partial charge in [-0.25, -0.2) is 0 Å². The lowest BCUT2D eigenvalue weighted by Crippen LogP contribution is -2.74. The molecule has 0 aromatic heterocycles. The zero-order valence-electron chi connectivity index (χ0n) is 23.6. The highest BCUT2D eigenvalue weighted by molar-refractivity contribution is 7.64. The van der Waals surface area contributed by atoms with Crippen molar-refractivity contribution in [3.63, 3.8) is 0 Å². The zero-order chi connectivity index (χ0) is 37.6. The quantitative estimate of drug-likeness (QED) is 0.0430. The van der Waals surface area contributed by atoms with Gasteiger partial charge in [0.05, 0.1) is 6.61 Å². The van der Waals surface area contributed by atoms with Crippen LogP contribution in [0.25, 0.3) is 0 Å². The number of hydrogen-bond acceptors (Lipinski definition) is 1. The molecule has 0 fully saturated rings. The summed E-state index contributed by atoms with van der Waals surface area (Å²) in [4.78, 5) is 0. The minimum absolute atomic E-state index is 0.0521. The lowest BCUT2D eigenvalue weighted by Gasteiger charge is -2.42. The Morgan fingerprint density at radius 3 is 1.11 bits per heavy atom. The second-order valence-electron chi connectivity index (χ2n) is 10.6. The van der Waals surface area contributed by atoms with Crippen molar-refractivity contribution >= 4 is 68.1 Å². The van der Waals surface area contributed by atoms with Crippen molar-refractivity contribution in [3.8, 4) is 0 Å². The third-order valence-corrected chi connectivity index (χ3v) is 13.7. The van der Waals surface area contributed by atoms with Gasteiger partial charge in [0.25, 0.3) is 6.69 Å². The van der Waals surface area contributed by atoms with Crippen molar-refractivity contribution in [1.82, 2.24) is 0 Å². The van der Waals surface area contributed by atoms with Gasteiger partial charge in [0, 0.05) is 13.0 Å². The Kier molecular flexibility index (Phi) is 17.2. The van der Waals surface area contributed by atoms with E-state index in [1.807, 2.05) is 0 Å². The van der Waals surface area contributed by atoms with Crippen molar-refractivity contribution < 1.29 is 79.4 Å². The van der Waals surface area contributed by atoms with Crippen LogP contribution in [0.4, 0.5) is 74.6 Å². The normalized spacial score (nSPS) is 15.4. The van der Waals surface area contributed by atoms with E-state index in [0.29, 0.717) is 37.4 Å². The van der Waals surface area contributed by atoms with Crippen LogP contribution < -0.4 is 0 Å². The monoisotopic (exact) mass is 862 g/mol. The first kappa shape index (κ1) is 47.7. The van der Waals surface area contributed by atoms with Gasteiger partial charge in [-0.15, -0.1) is 55.4 Å². The number of unbranched alkanes of at least 4 members (excludes halogenated alkanes) is 6. The highest BCUT2D eigenvalue weighted by Crippen LogP contribution is 2.64. The van der Waals surface area contributed by atoms with E-state index in [0.717, 1.165) is 25.7 Å². The van der Waals surface area contributed by atoms with Crippen molar-refractivity contribution in [2.45, 2.75) is 124 Å². The van der Waals surface area contributed by atoms with Crippen LogP contribution in [0, 0.1) is 0 Å². The molecule has 0 saturated carbocycles. The summed E-state index contributed by atoms with van der Waals surface area (Å²) in [6.45, 7) is -4.69. The summed E-state index contributed by atoms with van der Waals surface area (Å²) in [6.07, 6.45) is -5.92. The van der Waals surface area contributed by atoms with E-state index >= 15 is 0 Å². The van der Waals surface area contributed by atoms with Crippen LogP contribution in [0.3, 0.4) is 0 Å². The minimum atomic E-state index is -8.64. The molecule has 0 unspecified atom stereocenters. The Labute approximate surface area is 283 Å². The summed E-state index contributed by atoms with van der Waals surface area (Å²) in [7, 11) is 0. The Bertz CT molecular complexity index is 963. The Hall–Kier alpha value is 0.654. The average molecular weight is 865 g/mol. The molecule has 0 aliphatic heterocycles. The molecule has 0 N–H and O–H groups in total. The first-order chi connectivity index (χ1) is 20.7. The molecule has 0 aromatic rings. The molecule has 0 heterocycles. The molecule has 0 bridgehead atoms. The van der Waals surface area contributed by atoms with Crippen molar-refractivity contribution in [2.24, 2.45) is 0 Å². The third-order valence-electron chi connectivity index (χ3n) is 6.68. The van der Waals surface area contributed by atoms with E-state index < -0.39 is 80.0 Å². The molecule has 47 heavy (non-hydrogen) atoms. The molecule has 25 heteroatoms. The van der Waals surface area contributed by atoms with Crippen LogP contribution in [-0.2, 0) is 4.74 Å². The molecule has 0 radical (unpaired) electrons. The van der Waals surface area contributed by atoms with Gasteiger partial charge in [0.2, 0.25) is 0 Å². The lowest BCUT2D eigenvalue weighted by molar-refractivity contribution is -0.462. The summed E-state index contributed by atoms with van der Waals surface area (Å²) < 4.78 is 230. The number of ether oxygens (including phenoxy) is 1. The highest BCUT2D eigenvalue weighted by atomic mass is 35.8. The van der Waals surface area contributed by atoms with Crippen LogP contribution in [0.2, 0.25) is 18.1 Å². The van der Waals surface area contributed by atoms with Crippen LogP contribution in [0.5, 0.6) is 0 Å². The number of rotatable bonds is 23. The van der Waals surface area contributed by atoms with Crippen molar-refractivity contribution in [1.29, 1.82) is 0 Å². The Morgan fingerprint density at radius 2 is 0.723 bits per heavy atom. The largest absolute Gasteiger partial charge is 0.460 e. The maximum Gasteiger partial charge on any atom is 0.460 e. The minimum Gasteiger partial charge on any atom is -0.381 e. The Balaban J connectivity index is 4.93. The fraction of sp³-hybridized carbons (Fsp3) is 1.00. The molecule has 0 rings (SSSR count). The zero-order valence-corrected chi connectivity index (χ0v) is 29.4. The van der Waals surface area contributed by atoms with Crippen LogP contribution >= 0.6 is 55.4 Å². The predicted octanol–water partition coefficient (Wildman–Crippen LogP) is 13.1. The third kappa shape index (κ3) is 11.8. The van der Waals surface area contributed by atoms with Gasteiger partial charge in [-0.2, -0.15) is 74.6 Å². The van der Waals surface area contributed by atoms with Gasteiger partial charge in [0.15, 0.2) is 0 Å². The molecular formula is C22H28Cl5F17OSi2. The molecular weight excluding hydrogens is 837 g/mol. The summed E-state index contributed by atoms with van der Waals surface area (Å²) in [6, 6.07) is -1.12. The van der Waals surface area contributed by atoms with Crippen molar-refractivity contribution in [3.05, 3.63) is 0 Å². The van der Waals surface area contributed by atoms with Gasteiger partial charge in [-0.1, -0.05) is 44.9 Å². The second-order valence-corrected chi connectivity index (χ2v) is 27.5. The van der Waals surface area contributed by atoms with Gasteiger partial charge in [-0.3, -0.25) is 0 Å². The SMILES string of the molecule is FC(F)(F)C(F)(F)C(F)(F)C(F)(F)C(F)(F)C(F)(F)C(F)(F)C(F)(F)CCOCCCCCC[Si](Cl)(Cl)CCCCCC[Si](Cl)(Cl)Cl. The smallest absolute Gasteiger partial charge is 0.381 e. The van der Waals surface area contributed by atoms with Crippen LogP contribution in [0.15, 0.2) is 0 Å². The molecule has 1 nitrogen and oxygen atoms in total. The second kappa shape index (κ2) is 17.0. The molecule has 0 spiro atoms. The molecule has 0 aliphatic carbocycles. The van der Waals surface area contributed by atoms with E-state index in [2.05, 4.69) is 4.74 Å². The van der Waals surface area contributed by atoms with Gasteiger partial charge in [-0.05, 0) is 24.6 Å².